The number of rotatable bonds is 3. The molecule has 0 radical (unpaired) electrons. The summed E-state index contributed by atoms with van der Waals surface area (Å²) in [6.07, 6.45) is 2.56. The third-order valence-electron chi connectivity index (χ3n) is 1.39. The first-order valence-corrected chi connectivity index (χ1v) is 5.00. The number of nitrogens with two attached hydrogens (primary N) is 1. The Morgan fingerprint density at radius 3 is 1.75 bits per heavy atom. The van der Waals surface area contributed by atoms with E-state index in [1.807, 2.05) is 0 Å². The average molecular weight is 133 g/mol. The Kier molecular flexibility index (Phi) is 4.50. The molecule has 1 unspecified atom stereocenters. The predicted molar refractivity (Wildman–Crippen MR) is 41.7 cm³/mol. The fourth-order valence-electron chi connectivity index (χ4n) is 0.800. The summed E-state index contributed by atoms with van der Waals surface area (Å²) in [6, 6.07) is 0. The lowest BCUT2D eigenvalue weighted by atomic mass is 10.8. The maximum Gasteiger partial charge on any atom is 0.0213 e. The van der Waals surface area contributed by atoms with Gasteiger partial charge in [-0.1, -0.05) is 21.8 Å². The number of hydrogen-bond acceptors (Lipinski definition) is 1. The molecule has 0 saturated heterocycles. The SMILES string of the molecule is CCP(CC)C(C)N. The fourth-order valence-corrected chi connectivity index (χ4v) is 2.40. The first kappa shape index (κ1) is 8.39. The maximum atomic E-state index is 5.69. The first-order valence-electron chi connectivity index (χ1n) is 3.22. The molecule has 0 bridgehead atoms. The molecule has 0 spiro atoms. The van der Waals surface area contributed by atoms with Crippen LogP contribution < -0.4 is 5.73 Å². The van der Waals surface area contributed by atoms with Crippen molar-refractivity contribution in [2.75, 3.05) is 12.3 Å². The summed E-state index contributed by atoms with van der Waals surface area (Å²) in [5, 5.41) is 0. The lowest BCUT2D eigenvalue weighted by Crippen LogP contribution is -2.14. The molecule has 0 amide bonds. The van der Waals surface area contributed by atoms with E-state index in [2.05, 4.69) is 20.8 Å². The highest BCUT2D eigenvalue weighted by Gasteiger charge is 2.05. The van der Waals surface area contributed by atoms with E-state index in [0.29, 0.717) is 5.78 Å². The molecule has 0 rings (SSSR count). The Morgan fingerprint density at radius 2 is 1.75 bits per heavy atom. The van der Waals surface area contributed by atoms with Gasteiger partial charge in [-0.3, -0.25) is 0 Å². The average Bonchev–Trinajstić information content (AvgIpc) is 1.69. The van der Waals surface area contributed by atoms with Crippen LogP contribution in [-0.2, 0) is 0 Å². The molecule has 0 aliphatic carbocycles. The van der Waals surface area contributed by atoms with Gasteiger partial charge >= 0.3 is 0 Å². The second-order valence-corrected chi connectivity index (χ2v) is 5.22. The van der Waals surface area contributed by atoms with Crippen LogP contribution in [0.3, 0.4) is 0 Å². The highest BCUT2D eigenvalue weighted by atomic mass is 31.1. The summed E-state index contributed by atoms with van der Waals surface area (Å²) in [7, 11) is 0.163. The van der Waals surface area contributed by atoms with Crippen LogP contribution in [0.1, 0.15) is 20.8 Å². The quantitative estimate of drug-likeness (QED) is 0.584. The van der Waals surface area contributed by atoms with E-state index < -0.39 is 0 Å². The van der Waals surface area contributed by atoms with Crippen LogP contribution in [-0.4, -0.2) is 18.1 Å². The minimum Gasteiger partial charge on any atom is -0.324 e. The molecule has 0 aromatic heterocycles. The van der Waals surface area contributed by atoms with Crippen LogP contribution >= 0.6 is 7.92 Å². The van der Waals surface area contributed by atoms with E-state index in [0.717, 1.165) is 0 Å². The Hall–Kier alpha value is 0.390. The van der Waals surface area contributed by atoms with Crippen molar-refractivity contribution >= 4 is 7.92 Å². The third-order valence-corrected chi connectivity index (χ3v) is 4.16. The molecule has 0 fully saturated rings. The molecular weight excluding hydrogens is 117 g/mol. The monoisotopic (exact) mass is 133 g/mol. The second-order valence-electron chi connectivity index (χ2n) is 1.96. The zero-order valence-electron chi connectivity index (χ0n) is 6.02. The van der Waals surface area contributed by atoms with E-state index >= 15 is 0 Å². The van der Waals surface area contributed by atoms with Crippen molar-refractivity contribution in [2.45, 2.75) is 26.6 Å². The van der Waals surface area contributed by atoms with E-state index in [1.165, 1.54) is 12.3 Å². The van der Waals surface area contributed by atoms with Crippen LogP contribution in [0, 0.1) is 0 Å². The van der Waals surface area contributed by atoms with Crippen molar-refractivity contribution < 1.29 is 0 Å². The van der Waals surface area contributed by atoms with Crippen LogP contribution in [0.15, 0.2) is 0 Å². The lowest BCUT2D eigenvalue weighted by Gasteiger charge is -2.16. The molecule has 50 valence electrons. The molecule has 2 heteroatoms. The molecule has 0 heterocycles. The highest BCUT2D eigenvalue weighted by Crippen LogP contribution is 2.36. The normalized spacial score (nSPS) is 14.6. The third kappa shape index (κ3) is 2.64. The topological polar surface area (TPSA) is 26.0 Å². The summed E-state index contributed by atoms with van der Waals surface area (Å²) in [5.41, 5.74) is 5.69. The molecule has 0 aliphatic heterocycles. The summed E-state index contributed by atoms with van der Waals surface area (Å²) in [4.78, 5) is 0. The zero-order chi connectivity index (χ0) is 6.57. The van der Waals surface area contributed by atoms with E-state index in [4.69, 9.17) is 5.73 Å². The standard InChI is InChI=1S/C6H16NP/c1-4-8(5-2)6(3)7/h6H,4-5,7H2,1-3H3. The minimum atomic E-state index is 0.163. The molecule has 1 atom stereocenters. The largest absolute Gasteiger partial charge is 0.324 e. The summed E-state index contributed by atoms with van der Waals surface area (Å²) < 4.78 is 0. The molecule has 2 N–H and O–H groups in total. The molecule has 0 saturated carbocycles. The van der Waals surface area contributed by atoms with Crippen molar-refractivity contribution in [2.24, 2.45) is 5.73 Å². The van der Waals surface area contributed by atoms with Crippen molar-refractivity contribution in [1.29, 1.82) is 0 Å². The molecule has 1 nitrogen and oxygen atoms in total. The summed E-state index contributed by atoms with van der Waals surface area (Å²) in [5.74, 6) is 0.444. The van der Waals surface area contributed by atoms with Crippen LogP contribution in [0.2, 0.25) is 0 Å². The van der Waals surface area contributed by atoms with Gasteiger partial charge in [0.2, 0.25) is 0 Å². The van der Waals surface area contributed by atoms with Crippen LogP contribution in [0.5, 0.6) is 0 Å². The summed E-state index contributed by atoms with van der Waals surface area (Å²) in [6.45, 7) is 6.55. The van der Waals surface area contributed by atoms with Gasteiger partial charge in [-0.05, 0) is 19.2 Å². The van der Waals surface area contributed by atoms with Crippen molar-refractivity contribution in [3.8, 4) is 0 Å². The Balaban J connectivity index is 3.35. The van der Waals surface area contributed by atoms with Gasteiger partial charge in [-0.2, -0.15) is 0 Å². The first-order chi connectivity index (χ1) is 3.72. The maximum absolute atomic E-state index is 5.69. The van der Waals surface area contributed by atoms with Gasteiger partial charge < -0.3 is 5.73 Å². The van der Waals surface area contributed by atoms with Gasteiger partial charge in [0.25, 0.3) is 0 Å². The van der Waals surface area contributed by atoms with Crippen molar-refractivity contribution in [3.63, 3.8) is 0 Å². The van der Waals surface area contributed by atoms with Gasteiger partial charge in [0, 0.05) is 5.78 Å². The lowest BCUT2D eigenvalue weighted by molar-refractivity contribution is 1.01. The fraction of sp³-hybridized carbons (Fsp3) is 1.00. The highest BCUT2D eigenvalue weighted by molar-refractivity contribution is 7.58. The van der Waals surface area contributed by atoms with E-state index in [1.54, 1.807) is 0 Å². The van der Waals surface area contributed by atoms with Crippen molar-refractivity contribution in [3.05, 3.63) is 0 Å². The summed E-state index contributed by atoms with van der Waals surface area (Å²) >= 11 is 0. The van der Waals surface area contributed by atoms with Gasteiger partial charge in [0.1, 0.15) is 0 Å². The van der Waals surface area contributed by atoms with Gasteiger partial charge in [0.15, 0.2) is 0 Å². The predicted octanol–water partition coefficient (Wildman–Crippen LogP) is 1.81. The van der Waals surface area contributed by atoms with Gasteiger partial charge in [0.05, 0.1) is 0 Å². The van der Waals surface area contributed by atoms with Crippen LogP contribution in [0.4, 0.5) is 0 Å². The molecule has 0 aromatic carbocycles. The van der Waals surface area contributed by atoms with Gasteiger partial charge in [-0.25, -0.2) is 0 Å². The van der Waals surface area contributed by atoms with Crippen LogP contribution in [0.25, 0.3) is 0 Å². The second kappa shape index (κ2) is 4.29. The van der Waals surface area contributed by atoms with Gasteiger partial charge in [-0.15, -0.1) is 0 Å². The molecule has 0 aliphatic rings. The van der Waals surface area contributed by atoms with E-state index in [9.17, 15) is 0 Å². The molecular formula is C6H16NP. The van der Waals surface area contributed by atoms with E-state index in [-0.39, 0.29) is 7.92 Å². The molecule has 8 heavy (non-hydrogen) atoms. The zero-order valence-corrected chi connectivity index (χ0v) is 6.91. The van der Waals surface area contributed by atoms with Crippen molar-refractivity contribution in [1.82, 2.24) is 0 Å². The Morgan fingerprint density at radius 1 is 1.38 bits per heavy atom. The number of hydrogen-bond donors (Lipinski definition) is 1. The molecule has 0 aromatic rings. The Bertz CT molecular complexity index is 50.5. The Labute approximate surface area is 53.4 Å². The minimum absolute atomic E-state index is 0.163. The smallest absolute Gasteiger partial charge is 0.0213 e.